The van der Waals surface area contributed by atoms with Crippen LogP contribution in [0.5, 0.6) is 5.88 Å². The maximum atomic E-state index is 14.3. The van der Waals surface area contributed by atoms with Gasteiger partial charge in [0, 0.05) is 30.8 Å². The molecule has 3 aromatic rings. The zero-order valence-electron chi connectivity index (χ0n) is 23.8. The Bertz CT molecular complexity index is 1650. The van der Waals surface area contributed by atoms with Crippen molar-refractivity contribution in [1.82, 2.24) is 9.88 Å². The van der Waals surface area contributed by atoms with E-state index in [1.807, 2.05) is 6.07 Å². The number of hydrogen-bond acceptors (Lipinski definition) is 7. The highest BCUT2D eigenvalue weighted by atomic mass is 32.2. The maximum Gasteiger partial charge on any atom is 0.414 e. The van der Waals surface area contributed by atoms with Crippen molar-refractivity contribution in [3.8, 4) is 17.0 Å². The van der Waals surface area contributed by atoms with Crippen LogP contribution in [-0.4, -0.2) is 61.4 Å². The second-order valence-electron chi connectivity index (χ2n) is 11.3. The third-order valence-electron chi connectivity index (χ3n) is 7.11. The number of benzene rings is 2. The molecule has 0 bridgehead atoms. The summed E-state index contributed by atoms with van der Waals surface area (Å²) in [4.78, 5) is 34.8. The summed E-state index contributed by atoms with van der Waals surface area (Å²) in [6.45, 7) is 5.40. The van der Waals surface area contributed by atoms with Crippen LogP contribution < -0.4 is 9.64 Å². The highest BCUT2D eigenvalue weighted by Crippen LogP contribution is 2.41. The second-order valence-corrected chi connectivity index (χ2v) is 13.3. The number of aromatic nitrogens is 1. The summed E-state index contributed by atoms with van der Waals surface area (Å²) >= 11 is 0. The molecule has 11 heteroatoms. The molecule has 2 aliphatic heterocycles. The van der Waals surface area contributed by atoms with Gasteiger partial charge in [0.15, 0.2) is 9.84 Å². The van der Waals surface area contributed by atoms with Crippen molar-refractivity contribution >= 4 is 27.5 Å². The zero-order valence-corrected chi connectivity index (χ0v) is 24.6. The topological polar surface area (TPSA) is 106 Å². The van der Waals surface area contributed by atoms with E-state index < -0.39 is 33.5 Å². The minimum Gasteiger partial charge on any atom is -0.481 e. The molecule has 0 saturated heterocycles. The molecule has 0 spiro atoms. The van der Waals surface area contributed by atoms with Crippen molar-refractivity contribution in [2.75, 3.05) is 24.3 Å². The van der Waals surface area contributed by atoms with Gasteiger partial charge >= 0.3 is 6.09 Å². The van der Waals surface area contributed by atoms with E-state index in [1.165, 1.54) is 35.1 Å². The normalized spacial score (nSPS) is 18.9. The molecule has 5 rings (SSSR count). The molecule has 2 aromatic carbocycles. The van der Waals surface area contributed by atoms with Gasteiger partial charge in [-0.05, 0) is 73.4 Å². The number of hydrogen-bond donors (Lipinski definition) is 0. The summed E-state index contributed by atoms with van der Waals surface area (Å²) < 4.78 is 49.2. The Labute approximate surface area is 244 Å². The smallest absolute Gasteiger partial charge is 0.414 e. The van der Waals surface area contributed by atoms with Crippen molar-refractivity contribution in [2.45, 2.75) is 44.9 Å². The van der Waals surface area contributed by atoms with Crippen LogP contribution in [-0.2, 0) is 25.9 Å². The summed E-state index contributed by atoms with van der Waals surface area (Å²) in [5, 5.41) is 1.13. The number of anilines is 1. The van der Waals surface area contributed by atoms with E-state index in [1.54, 1.807) is 63.4 Å². The fourth-order valence-electron chi connectivity index (χ4n) is 5.14. The lowest BCUT2D eigenvalue weighted by atomic mass is 9.95. The molecule has 2 aliphatic rings. The largest absolute Gasteiger partial charge is 0.481 e. The number of amides is 2. The number of halogens is 1. The monoisotopic (exact) mass is 593 g/mol. The number of carbonyl (C=O) groups is 2. The van der Waals surface area contributed by atoms with E-state index in [-0.39, 0.29) is 30.6 Å². The number of methoxy groups -OCH3 is 1. The van der Waals surface area contributed by atoms with E-state index in [0.29, 0.717) is 22.7 Å². The van der Waals surface area contributed by atoms with Crippen LogP contribution in [0.25, 0.3) is 11.1 Å². The van der Waals surface area contributed by atoms with Crippen LogP contribution in [0.1, 0.15) is 37.8 Å². The predicted molar refractivity (Wildman–Crippen MR) is 156 cm³/mol. The van der Waals surface area contributed by atoms with Gasteiger partial charge < -0.3 is 14.4 Å². The van der Waals surface area contributed by atoms with E-state index in [0.717, 1.165) is 16.5 Å². The maximum absolute atomic E-state index is 14.3. The van der Waals surface area contributed by atoms with E-state index in [4.69, 9.17) is 9.47 Å². The van der Waals surface area contributed by atoms with Crippen LogP contribution in [0, 0.1) is 5.82 Å². The molecule has 0 radical (unpaired) electrons. The molecule has 0 fully saturated rings. The lowest BCUT2D eigenvalue weighted by Gasteiger charge is -2.30. The Balaban J connectivity index is 1.54. The van der Waals surface area contributed by atoms with Crippen molar-refractivity contribution in [3.63, 3.8) is 0 Å². The first-order valence-electron chi connectivity index (χ1n) is 13.4. The van der Waals surface area contributed by atoms with Crippen molar-refractivity contribution in [1.29, 1.82) is 0 Å². The van der Waals surface area contributed by atoms with Crippen LogP contribution >= 0.6 is 0 Å². The van der Waals surface area contributed by atoms with Crippen molar-refractivity contribution < 1.29 is 31.9 Å². The number of rotatable bonds is 6. The molecule has 0 N–H and O–H groups in total. The van der Waals surface area contributed by atoms with Crippen molar-refractivity contribution in [3.05, 3.63) is 89.2 Å². The molecule has 220 valence electrons. The third kappa shape index (κ3) is 6.30. The highest BCUT2D eigenvalue weighted by Gasteiger charge is 2.42. The number of nitrogens with zero attached hydrogens (tertiary/aromatic N) is 3. The van der Waals surface area contributed by atoms with Crippen LogP contribution in [0.2, 0.25) is 0 Å². The van der Waals surface area contributed by atoms with Gasteiger partial charge in [-0.1, -0.05) is 24.3 Å². The van der Waals surface area contributed by atoms with Gasteiger partial charge in [-0.25, -0.2) is 22.6 Å². The first-order chi connectivity index (χ1) is 19.8. The van der Waals surface area contributed by atoms with Crippen LogP contribution in [0.15, 0.2) is 72.3 Å². The van der Waals surface area contributed by atoms with Gasteiger partial charge in [-0.15, -0.1) is 0 Å². The Hall–Kier alpha value is -4.25. The van der Waals surface area contributed by atoms with Crippen LogP contribution in [0.3, 0.4) is 0 Å². The Kier molecular flexibility index (Phi) is 7.80. The summed E-state index contributed by atoms with van der Waals surface area (Å²) in [7, 11) is -1.98. The standard InChI is InChI=1S/C31H32FN3O6S/c1-31(2,3)41-30(37)35-18-26(25-10-7-22(16-27(25)35)21-5-8-23(32)9-6-21)29(36)34(24-12-14-42(38,39)19-24)17-20-11-13-33-28(15-20)40-4/h5-16,24,26H,17-19H2,1-4H3. The summed E-state index contributed by atoms with van der Waals surface area (Å²) in [5.41, 5.74) is 2.53. The quantitative estimate of drug-likeness (QED) is 0.393. The molecule has 0 saturated carbocycles. The molecule has 2 amide bonds. The van der Waals surface area contributed by atoms with E-state index in [9.17, 15) is 22.4 Å². The van der Waals surface area contributed by atoms with E-state index >= 15 is 0 Å². The first-order valence-corrected chi connectivity index (χ1v) is 15.2. The lowest BCUT2D eigenvalue weighted by molar-refractivity contribution is -0.134. The third-order valence-corrected chi connectivity index (χ3v) is 8.49. The number of ether oxygens (including phenoxy) is 2. The van der Waals surface area contributed by atoms with Gasteiger partial charge in [-0.3, -0.25) is 9.69 Å². The number of sulfone groups is 1. The van der Waals surface area contributed by atoms with Crippen molar-refractivity contribution in [2.24, 2.45) is 0 Å². The van der Waals surface area contributed by atoms with E-state index in [2.05, 4.69) is 4.98 Å². The zero-order chi connectivity index (χ0) is 30.2. The summed E-state index contributed by atoms with van der Waals surface area (Å²) in [5.74, 6) is -1.35. The predicted octanol–water partition coefficient (Wildman–Crippen LogP) is 5.07. The molecular formula is C31H32FN3O6S. The minimum atomic E-state index is -3.47. The molecular weight excluding hydrogens is 561 g/mol. The molecule has 2 atom stereocenters. The van der Waals surface area contributed by atoms with Gasteiger partial charge in [0.1, 0.15) is 11.4 Å². The molecule has 0 aliphatic carbocycles. The summed E-state index contributed by atoms with van der Waals surface area (Å²) in [6, 6.07) is 14.1. The highest BCUT2D eigenvalue weighted by molar-refractivity contribution is 7.94. The lowest BCUT2D eigenvalue weighted by Crippen LogP contribution is -2.44. The van der Waals surface area contributed by atoms with Crippen LogP contribution in [0.4, 0.5) is 14.9 Å². The Morgan fingerprint density at radius 1 is 1.07 bits per heavy atom. The molecule has 2 unspecified atom stereocenters. The number of fused-ring (bicyclic) bond motifs is 1. The molecule has 42 heavy (non-hydrogen) atoms. The Morgan fingerprint density at radius 2 is 1.79 bits per heavy atom. The fraction of sp³-hybridized carbons (Fsp3) is 0.323. The van der Waals surface area contributed by atoms with Gasteiger partial charge in [-0.2, -0.15) is 0 Å². The van der Waals surface area contributed by atoms with Gasteiger partial charge in [0.25, 0.3) is 0 Å². The summed E-state index contributed by atoms with van der Waals surface area (Å²) in [6.07, 6.45) is 2.47. The molecule has 3 heterocycles. The first kappa shape index (κ1) is 29.2. The number of carbonyl (C=O) groups excluding carboxylic acids is 2. The van der Waals surface area contributed by atoms with Gasteiger partial charge in [0.05, 0.1) is 30.5 Å². The molecule has 1 aromatic heterocycles. The molecule has 9 nitrogen and oxygen atoms in total. The second kappa shape index (κ2) is 11.2. The van der Waals surface area contributed by atoms with Gasteiger partial charge in [0.2, 0.25) is 11.8 Å². The average molecular weight is 594 g/mol. The minimum absolute atomic E-state index is 0.00923. The SMILES string of the molecule is COc1cc(CN(C(=O)C2CN(C(=O)OC(C)(C)C)c3cc(-c4ccc(F)cc4)ccc32)C2C=CS(=O)(=O)C2)ccn1. The fourth-order valence-corrected chi connectivity index (χ4v) is 6.44. The Morgan fingerprint density at radius 3 is 2.43 bits per heavy atom. The average Bonchev–Trinajstić information content (AvgIpc) is 3.50. The number of pyridine rings is 1.